The molecule has 0 radical (unpaired) electrons. The number of aryl methyl sites for hydroxylation is 3. The van der Waals surface area contributed by atoms with Gasteiger partial charge in [-0.3, -0.25) is 33.7 Å². The first-order chi connectivity index (χ1) is 26.3. The van der Waals surface area contributed by atoms with Crippen LogP contribution >= 0.6 is 11.3 Å². The number of nitrogens with zero attached hydrogens (tertiary/aromatic N) is 6. The van der Waals surface area contributed by atoms with Crippen molar-refractivity contribution in [2.75, 3.05) is 6.61 Å². The molecule has 54 heavy (non-hydrogen) atoms. The Kier molecular flexibility index (Phi) is 9.90. The van der Waals surface area contributed by atoms with Gasteiger partial charge >= 0.3 is 5.97 Å². The number of thiophene rings is 1. The first-order valence-electron chi connectivity index (χ1n) is 18.0. The minimum Gasteiger partial charge on any atom is -0.466 e. The zero-order valence-corrected chi connectivity index (χ0v) is 30.5. The third kappa shape index (κ3) is 7.20. The van der Waals surface area contributed by atoms with E-state index in [4.69, 9.17) is 9.47 Å². The molecule has 0 saturated carbocycles. The Bertz CT molecular complexity index is 2330. The molecule has 0 aliphatic carbocycles. The van der Waals surface area contributed by atoms with Crippen molar-refractivity contribution in [2.24, 2.45) is 0 Å². The largest absolute Gasteiger partial charge is 0.466 e. The van der Waals surface area contributed by atoms with Gasteiger partial charge in [-0.05, 0) is 54.5 Å². The average molecular weight is 744 g/mol. The molecule has 14 heteroatoms. The number of piperidine rings is 1. The highest BCUT2D eigenvalue weighted by Crippen LogP contribution is 2.37. The summed E-state index contributed by atoms with van der Waals surface area (Å²) in [6.07, 6.45) is 6.01. The van der Waals surface area contributed by atoms with E-state index in [0.29, 0.717) is 44.6 Å². The second-order valence-electron chi connectivity index (χ2n) is 13.5. The fourth-order valence-corrected chi connectivity index (χ4v) is 8.44. The van der Waals surface area contributed by atoms with Gasteiger partial charge < -0.3 is 14.4 Å². The monoisotopic (exact) mass is 743 g/mol. The van der Waals surface area contributed by atoms with Crippen molar-refractivity contribution >= 4 is 35.0 Å². The van der Waals surface area contributed by atoms with E-state index in [-0.39, 0.29) is 43.8 Å². The summed E-state index contributed by atoms with van der Waals surface area (Å²) in [7, 11) is 0. The zero-order valence-electron chi connectivity index (χ0n) is 29.7. The van der Waals surface area contributed by atoms with Gasteiger partial charge in [-0.1, -0.05) is 54.3 Å². The van der Waals surface area contributed by atoms with Crippen molar-refractivity contribution in [1.29, 1.82) is 0 Å². The Morgan fingerprint density at radius 1 is 1.06 bits per heavy atom. The predicted octanol–water partition coefficient (Wildman–Crippen LogP) is 4.18. The number of hydrogen-bond acceptors (Lipinski definition) is 10. The highest BCUT2D eigenvalue weighted by molar-refractivity contribution is 7.15. The summed E-state index contributed by atoms with van der Waals surface area (Å²) < 4.78 is 15.4. The number of ether oxygens (including phenoxy) is 2. The number of amides is 3. The molecule has 5 aromatic rings. The van der Waals surface area contributed by atoms with Crippen LogP contribution < -0.4 is 5.32 Å². The summed E-state index contributed by atoms with van der Waals surface area (Å²) in [5, 5.41) is 16.5. The molecule has 1 unspecified atom stereocenters. The van der Waals surface area contributed by atoms with Gasteiger partial charge in [0, 0.05) is 49.7 Å². The molecule has 2 aromatic carbocycles. The van der Waals surface area contributed by atoms with Crippen LogP contribution in [0.2, 0.25) is 0 Å². The molecule has 274 valence electrons. The highest BCUT2D eigenvalue weighted by Gasteiger charge is 2.39. The standard InChI is InChI=1S/C40H37N7O6S/c1-25-43-44-35-24-52-23-32-30(19-26-7-3-2-4-8-26)34(54-40(32)47(25)35)14-11-27-20-41-45(21-27)17-6-18-53-37(49)16-12-28-9-5-10-29-31(28)22-46(39(29)51)33-13-15-36(48)42-38(33)50/h2-5,7-10,20-21,33H,6,12-13,15-19,22-24H2,1H3,(H,42,48,50). The van der Waals surface area contributed by atoms with E-state index >= 15 is 0 Å². The third-order valence-electron chi connectivity index (χ3n) is 9.92. The summed E-state index contributed by atoms with van der Waals surface area (Å²) in [4.78, 5) is 52.3. The molecule has 6 heterocycles. The van der Waals surface area contributed by atoms with Crippen LogP contribution in [0, 0.1) is 18.8 Å². The van der Waals surface area contributed by atoms with E-state index in [9.17, 15) is 19.2 Å². The zero-order chi connectivity index (χ0) is 37.2. The van der Waals surface area contributed by atoms with Crippen LogP contribution in [-0.4, -0.2) is 65.8 Å². The van der Waals surface area contributed by atoms with E-state index in [1.165, 1.54) is 10.5 Å². The van der Waals surface area contributed by atoms with E-state index in [0.717, 1.165) is 55.8 Å². The van der Waals surface area contributed by atoms with Gasteiger partial charge in [-0.15, -0.1) is 21.5 Å². The van der Waals surface area contributed by atoms with Crippen LogP contribution in [0.1, 0.15) is 85.9 Å². The lowest BCUT2D eigenvalue weighted by Crippen LogP contribution is -2.52. The number of imide groups is 1. The number of carbonyl (C=O) groups excluding carboxylic acids is 4. The maximum atomic E-state index is 13.1. The quantitative estimate of drug-likeness (QED) is 0.0962. The molecule has 13 nitrogen and oxygen atoms in total. The normalized spacial score (nSPS) is 16.2. The number of rotatable bonds is 10. The van der Waals surface area contributed by atoms with Crippen molar-refractivity contribution in [3.05, 3.63) is 116 Å². The summed E-state index contributed by atoms with van der Waals surface area (Å²) in [6, 6.07) is 15.1. The first-order valence-corrected chi connectivity index (χ1v) is 18.8. The Morgan fingerprint density at radius 2 is 1.93 bits per heavy atom. The molecule has 8 rings (SSSR count). The van der Waals surface area contributed by atoms with Crippen LogP contribution in [0.15, 0.2) is 60.9 Å². The van der Waals surface area contributed by atoms with Crippen molar-refractivity contribution in [1.82, 2.24) is 34.8 Å². The van der Waals surface area contributed by atoms with Crippen molar-refractivity contribution < 1.29 is 28.7 Å². The van der Waals surface area contributed by atoms with Crippen LogP contribution in [0.25, 0.3) is 5.00 Å². The Labute approximate surface area is 315 Å². The second-order valence-corrected chi connectivity index (χ2v) is 14.5. The topological polar surface area (TPSA) is 151 Å². The van der Waals surface area contributed by atoms with Crippen LogP contribution in [0.3, 0.4) is 0 Å². The number of nitrogens with one attached hydrogen (secondary N) is 1. The Morgan fingerprint density at radius 3 is 2.78 bits per heavy atom. The minimum atomic E-state index is -0.683. The first kappa shape index (κ1) is 35.1. The molecule has 3 amide bonds. The van der Waals surface area contributed by atoms with Gasteiger partial charge in [0.2, 0.25) is 11.8 Å². The molecule has 0 spiro atoms. The molecule has 1 atom stereocenters. The molecule has 3 aromatic heterocycles. The van der Waals surface area contributed by atoms with Gasteiger partial charge in [0.15, 0.2) is 5.82 Å². The van der Waals surface area contributed by atoms with E-state index in [2.05, 4.69) is 49.2 Å². The molecule has 0 bridgehead atoms. The molecule has 1 N–H and O–H groups in total. The lowest BCUT2D eigenvalue weighted by atomic mass is 9.99. The summed E-state index contributed by atoms with van der Waals surface area (Å²) in [5.74, 6) is 6.98. The Hall–Kier alpha value is -5.91. The lowest BCUT2D eigenvalue weighted by molar-refractivity contribution is -0.143. The fourth-order valence-electron chi connectivity index (χ4n) is 7.20. The smallest absolute Gasteiger partial charge is 0.306 e. The maximum absolute atomic E-state index is 13.1. The van der Waals surface area contributed by atoms with Crippen LogP contribution in [0.4, 0.5) is 0 Å². The maximum Gasteiger partial charge on any atom is 0.306 e. The van der Waals surface area contributed by atoms with Gasteiger partial charge in [-0.2, -0.15) is 5.10 Å². The van der Waals surface area contributed by atoms with Gasteiger partial charge in [0.25, 0.3) is 5.91 Å². The summed E-state index contributed by atoms with van der Waals surface area (Å²) in [6.45, 7) is 3.89. The second kappa shape index (κ2) is 15.2. The molecule has 3 aliphatic heterocycles. The van der Waals surface area contributed by atoms with Gasteiger partial charge in [0.1, 0.15) is 23.5 Å². The van der Waals surface area contributed by atoms with E-state index in [1.54, 1.807) is 34.3 Å². The van der Waals surface area contributed by atoms with Gasteiger partial charge in [-0.25, -0.2) is 0 Å². The van der Waals surface area contributed by atoms with Crippen molar-refractivity contribution in [3.8, 4) is 16.8 Å². The Balaban J connectivity index is 0.861. The number of carbonyl (C=O) groups is 4. The van der Waals surface area contributed by atoms with E-state index in [1.807, 2.05) is 37.4 Å². The highest BCUT2D eigenvalue weighted by atomic mass is 32.1. The number of esters is 1. The number of hydrogen-bond donors (Lipinski definition) is 1. The molecule has 1 fully saturated rings. The number of aromatic nitrogens is 5. The van der Waals surface area contributed by atoms with Gasteiger partial charge in [0.05, 0.1) is 29.9 Å². The summed E-state index contributed by atoms with van der Waals surface area (Å²) >= 11 is 1.63. The molecular weight excluding hydrogens is 707 g/mol. The SMILES string of the molecule is Cc1nnc2n1-c1sc(C#Cc3cnn(CCCOC(=O)CCc4cccc5c4CN(C4CCC(=O)NC4=O)C5=O)c3)c(Cc3ccccc3)c1COC2. The average Bonchev–Trinajstić information content (AvgIpc) is 3.92. The van der Waals surface area contributed by atoms with E-state index < -0.39 is 11.9 Å². The molecule has 3 aliphatic rings. The van der Waals surface area contributed by atoms with Crippen molar-refractivity contribution in [3.63, 3.8) is 0 Å². The third-order valence-corrected chi connectivity index (χ3v) is 11.1. The van der Waals surface area contributed by atoms with Crippen LogP contribution in [0.5, 0.6) is 0 Å². The predicted molar refractivity (Wildman–Crippen MR) is 196 cm³/mol. The number of fused-ring (bicyclic) bond motifs is 4. The minimum absolute atomic E-state index is 0.160. The number of benzene rings is 2. The lowest BCUT2D eigenvalue weighted by Gasteiger charge is -2.29. The van der Waals surface area contributed by atoms with Crippen LogP contribution in [-0.2, 0) is 63.0 Å². The fraction of sp³-hybridized carbons (Fsp3) is 0.325. The molecular formula is C40H37N7O6S. The summed E-state index contributed by atoms with van der Waals surface area (Å²) in [5.41, 5.74) is 6.44. The molecule has 1 saturated heterocycles. The van der Waals surface area contributed by atoms with Crippen molar-refractivity contribution in [2.45, 2.75) is 77.8 Å².